The number of aromatic nitrogens is 3. The van der Waals surface area contributed by atoms with Gasteiger partial charge >= 0.3 is 0 Å². The molecule has 1 aliphatic heterocycles. The van der Waals surface area contributed by atoms with Crippen LogP contribution < -0.4 is 16.0 Å². The lowest BCUT2D eigenvalue weighted by Gasteiger charge is -2.12. The van der Waals surface area contributed by atoms with Crippen LogP contribution in [0.1, 0.15) is 29.6 Å². The van der Waals surface area contributed by atoms with E-state index in [4.69, 9.17) is 0 Å². The zero-order valence-electron chi connectivity index (χ0n) is 16.9. The van der Waals surface area contributed by atoms with E-state index >= 15 is 0 Å². The lowest BCUT2D eigenvalue weighted by Crippen LogP contribution is -2.37. The summed E-state index contributed by atoms with van der Waals surface area (Å²) >= 11 is 0. The number of fused-ring (bicyclic) bond motifs is 1. The van der Waals surface area contributed by atoms with Crippen molar-refractivity contribution < 1.29 is 13.6 Å². The summed E-state index contributed by atoms with van der Waals surface area (Å²) < 4.78 is 29.7. The van der Waals surface area contributed by atoms with Crippen molar-refractivity contribution in [2.24, 2.45) is 5.92 Å². The van der Waals surface area contributed by atoms with Gasteiger partial charge in [-0.05, 0) is 49.4 Å². The number of imidazole rings is 1. The minimum absolute atomic E-state index is 0.0490. The molecule has 3 N–H and O–H groups in total. The Kier molecular flexibility index (Phi) is 5.27. The second kappa shape index (κ2) is 8.22. The molecule has 2 aliphatic rings. The molecule has 1 saturated carbocycles. The van der Waals surface area contributed by atoms with Crippen LogP contribution in [0.3, 0.4) is 0 Å². The number of carbonyl (C=O) groups is 1. The molecule has 0 radical (unpaired) electrons. The first-order valence-corrected chi connectivity index (χ1v) is 10.6. The molecule has 3 aromatic rings. The van der Waals surface area contributed by atoms with Gasteiger partial charge in [0.15, 0.2) is 5.65 Å². The Labute approximate surface area is 178 Å². The Bertz CT molecular complexity index is 1110. The summed E-state index contributed by atoms with van der Waals surface area (Å²) in [4.78, 5) is 16.7. The maximum atomic E-state index is 14.8. The normalized spacial score (nSPS) is 20.8. The van der Waals surface area contributed by atoms with Gasteiger partial charge in [-0.15, -0.1) is 5.10 Å². The fraction of sp³-hybridized carbons (Fsp3) is 0.409. The summed E-state index contributed by atoms with van der Waals surface area (Å²) in [5, 5.41) is 13.6. The van der Waals surface area contributed by atoms with Crippen molar-refractivity contribution in [1.29, 1.82) is 0 Å². The topological polar surface area (TPSA) is 83.3 Å². The molecule has 0 spiro atoms. The van der Waals surface area contributed by atoms with Gasteiger partial charge in [-0.1, -0.05) is 6.07 Å². The molecule has 1 aromatic carbocycles. The van der Waals surface area contributed by atoms with Crippen molar-refractivity contribution >= 4 is 17.4 Å². The largest absolute Gasteiger partial charge is 0.368 e. The fourth-order valence-electron chi connectivity index (χ4n) is 3.83. The summed E-state index contributed by atoms with van der Waals surface area (Å²) in [5.41, 5.74) is 1.82. The van der Waals surface area contributed by atoms with E-state index in [0.717, 1.165) is 18.3 Å². The van der Waals surface area contributed by atoms with Crippen LogP contribution in [0.15, 0.2) is 36.5 Å². The summed E-state index contributed by atoms with van der Waals surface area (Å²) in [7, 11) is 0. The Morgan fingerprint density at radius 2 is 2.10 bits per heavy atom. The smallest absolute Gasteiger partial charge is 0.254 e. The Balaban J connectivity index is 1.32. The maximum Gasteiger partial charge on any atom is 0.254 e. The number of amides is 1. The van der Waals surface area contributed by atoms with E-state index in [1.807, 2.05) is 12.1 Å². The van der Waals surface area contributed by atoms with Crippen LogP contribution in [0, 0.1) is 11.7 Å². The molecule has 7 nitrogen and oxygen atoms in total. The number of carbonyl (C=O) groups excluding carboxylic acids is 1. The quantitative estimate of drug-likeness (QED) is 0.541. The predicted octanol–water partition coefficient (Wildman–Crippen LogP) is 2.79. The molecule has 9 heteroatoms. The summed E-state index contributed by atoms with van der Waals surface area (Å²) in [5.74, 6) is 0.313. The third-order valence-corrected chi connectivity index (χ3v) is 5.82. The monoisotopic (exact) mass is 426 g/mol. The number of anilines is 1. The third kappa shape index (κ3) is 4.36. The van der Waals surface area contributed by atoms with Crippen LogP contribution in [-0.2, 0) is 0 Å². The molecule has 2 aromatic heterocycles. The van der Waals surface area contributed by atoms with Crippen LogP contribution in [0.25, 0.3) is 16.9 Å². The SMILES string of the molecule is O=C(NC[C@@H]1C[C@@H](F)CN1)c1ccc(-c2cnc3ccc(NCC4CC4)nn23)cc1F. The van der Waals surface area contributed by atoms with Gasteiger partial charge < -0.3 is 16.0 Å². The lowest BCUT2D eigenvalue weighted by atomic mass is 10.1. The fourth-order valence-corrected chi connectivity index (χ4v) is 3.83. The standard InChI is InChI=1S/C22H24F2N6O/c23-15-8-16(25-10-15)11-28-22(31)17-4-3-14(7-18(17)24)19-12-27-21-6-5-20(29-30(19)21)26-9-13-1-2-13/h3-7,12-13,15-16,25H,1-2,8-11H2,(H,26,29)(H,28,31)/t15-,16+/m1/s1. The van der Waals surface area contributed by atoms with Crippen LogP contribution >= 0.6 is 0 Å². The highest BCUT2D eigenvalue weighted by Crippen LogP contribution is 2.29. The first-order chi connectivity index (χ1) is 15.1. The van der Waals surface area contributed by atoms with Crippen LogP contribution in [0.2, 0.25) is 0 Å². The van der Waals surface area contributed by atoms with Crippen molar-refractivity contribution in [3.8, 4) is 11.3 Å². The number of rotatable bonds is 7. The van der Waals surface area contributed by atoms with Gasteiger partial charge in [0.1, 0.15) is 17.8 Å². The Hall–Kier alpha value is -3.07. The number of hydrogen-bond acceptors (Lipinski definition) is 5. The van der Waals surface area contributed by atoms with Crippen LogP contribution in [0.4, 0.5) is 14.6 Å². The Morgan fingerprint density at radius 1 is 1.23 bits per heavy atom. The van der Waals surface area contributed by atoms with Gasteiger partial charge in [-0.25, -0.2) is 18.3 Å². The highest BCUT2D eigenvalue weighted by Gasteiger charge is 2.24. The molecule has 1 aliphatic carbocycles. The minimum atomic E-state index is -0.901. The van der Waals surface area contributed by atoms with E-state index in [0.29, 0.717) is 23.3 Å². The van der Waals surface area contributed by atoms with Gasteiger partial charge in [-0.2, -0.15) is 0 Å². The first kappa shape index (κ1) is 19.9. The van der Waals surface area contributed by atoms with E-state index < -0.39 is 17.9 Å². The molecular formula is C22H24F2N6O. The molecule has 0 bridgehead atoms. The number of hydrogen-bond donors (Lipinski definition) is 3. The average Bonchev–Trinajstić information content (AvgIpc) is 3.36. The number of nitrogens with zero attached hydrogens (tertiary/aromatic N) is 3. The molecule has 162 valence electrons. The lowest BCUT2D eigenvalue weighted by molar-refractivity contribution is 0.0946. The van der Waals surface area contributed by atoms with Crippen molar-refractivity contribution in [3.63, 3.8) is 0 Å². The number of alkyl halides is 1. The third-order valence-electron chi connectivity index (χ3n) is 5.82. The van der Waals surface area contributed by atoms with Crippen molar-refractivity contribution in [3.05, 3.63) is 47.9 Å². The van der Waals surface area contributed by atoms with Crippen molar-refractivity contribution in [2.45, 2.75) is 31.5 Å². The zero-order valence-corrected chi connectivity index (χ0v) is 16.9. The van der Waals surface area contributed by atoms with Gasteiger partial charge in [0, 0.05) is 31.2 Å². The summed E-state index contributed by atoms with van der Waals surface area (Å²) in [6, 6.07) is 8.06. The zero-order chi connectivity index (χ0) is 21.4. The predicted molar refractivity (Wildman–Crippen MR) is 113 cm³/mol. The molecular weight excluding hydrogens is 402 g/mol. The molecule has 2 fully saturated rings. The summed E-state index contributed by atoms with van der Waals surface area (Å²) in [6.45, 7) is 1.44. The first-order valence-electron chi connectivity index (χ1n) is 10.6. The van der Waals surface area contributed by atoms with Gasteiger partial charge in [-0.3, -0.25) is 4.79 Å². The molecule has 1 saturated heterocycles. The van der Waals surface area contributed by atoms with Gasteiger partial charge in [0.2, 0.25) is 0 Å². The van der Waals surface area contributed by atoms with Crippen LogP contribution in [-0.4, -0.2) is 52.4 Å². The highest BCUT2D eigenvalue weighted by atomic mass is 19.1. The highest BCUT2D eigenvalue weighted by molar-refractivity contribution is 5.95. The second-order valence-electron chi connectivity index (χ2n) is 8.30. The number of halogens is 2. The van der Waals surface area contributed by atoms with Gasteiger partial charge in [0.05, 0.1) is 17.5 Å². The molecule has 2 atom stereocenters. The van der Waals surface area contributed by atoms with E-state index in [2.05, 4.69) is 26.0 Å². The molecule has 31 heavy (non-hydrogen) atoms. The second-order valence-corrected chi connectivity index (χ2v) is 8.30. The van der Waals surface area contributed by atoms with E-state index in [9.17, 15) is 13.6 Å². The average molecular weight is 426 g/mol. The number of nitrogens with one attached hydrogen (secondary N) is 3. The molecule has 1 amide bonds. The van der Waals surface area contributed by atoms with Crippen molar-refractivity contribution in [2.75, 3.05) is 25.0 Å². The Morgan fingerprint density at radius 3 is 2.84 bits per heavy atom. The summed E-state index contributed by atoms with van der Waals surface area (Å²) in [6.07, 6.45) is 3.58. The van der Waals surface area contributed by atoms with E-state index in [1.165, 1.54) is 25.0 Å². The van der Waals surface area contributed by atoms with E-state index in [-0.39, 0.29) is 24.7 Å². The van der Waals surface area contributed by atoms with Crippen LogP contribution in [0.5, 0.6) is 0 Å². The number of benzene rings is 1. The van der Waals surface area contributed by atoms with E-state index in [1.54, 1.807) is 16.8 Å². The minimum Gasteiger partial charge on any atom is -0.368 e. The van der Waals surface area contributed by atoms with Crippen molar-refractivity contribution in [1.82, 2.24) is 25.2 Å². The maximum absolute atomic E-state index is 14.8. The molecule has 3 heterocycles. The molecule has 0 unspecified atom stereocenters. The van der Waals surface area contributed by atoms with Gasteiger partial charge in [0.25, 0.3) is 5.91 Å². The molecule has 5 rings (SSSR count).